The van der Waals surface area contributed by atoms with E-state index in [1.165, 1.54) is 0 Å². The van der Waals surface area contributed by atoms with Crippen molar-refractivity contribution in [1.82, 2.24) is 4.90 Å². The number of carbonyl (C=O) groups excluding carboxylic acids is 1. The van der Waals surface area contributed by atoms with Crippen molar-refractivity contribution in [2.45, 2.75) is 32.7 Å². The van der Waals surface area contributed by atoms with Crippen LogP contribution in [0.15, 0.2) is 18.2 Å². The molecule has 0 aliphatic heterocycles. The monoisotopic (exact) mass is 352 g/mol. The van der Waals surface area contributed by atoms with Crippen LogP contribution in [0.2, 0.25) is 10.0 Å². The highest BCUT2D eigenvalue weighted by Crippen LogP contribution is 2.21. The number of benzene rings is 1. The Labute approximate surface area is 143 Å². The molecule has 21 heavy (non-hydrogen) atoms. The van der Waals surface area contributed by atoms with E-state index >= 15 is 0 Å². The van der Waals surface area contributed by atoms with Crippen LogP contribution in [0, 0.1) is 5.92 Å². The maximum atomic E-state index is 12.1. The van der Waals surface area contributed by atoms with Gasteiger partial charge in [-0.05, 0) is 30.0 Å². The highest BCUT2D eigenvalue weighted by molar-refractivity contribution is 6.35. The van der Waals surface area contributed by atoms with Gasteiger partial charge in [0.15, 0.2) is 0 Å². The minimum absolute atomic E-state index is 0. The van der Waals surface area contributed by atoms with Gasteiger partial charge in [-0.3, -0.25) is 4.79 Å². The lowest BCUT2D eigenvalue weighted by Crippen LogP contribution is -2.35. The molecule has 0 aliphatic rings. The third kappa shape index (κ3) is 6.88. The number of likely N-dealkylation sites (N-methyl/N-ethyl adjacent to an activating group) is 1. The van der Waals surface area contributed by atoms with Crippen molar-refractivity contribution in [2.24, 2.45) is 11.7 Å². The molecule has 1 amide bonds. The van der Waals surface area contributed by atoms with Crippen LogP contribution in [0.3, 0.4) is 0 Å². The Balaban J connectivity index is 0.00000400. The largest absolute Gasteiger partial charge is 0.345 e. The van der Waals surface area contributed by atoms with E-state index in [0.29, 0.717) is 22.5 Å². The van der Waals surface area contributed by atoms with Gasteiger partial charge in [-0.25, -0.2) is 0 Å². The molecule has 0 radical (unpaired) electrons. The fourth-order valence-electron chi connectivity index (χ4n) is 1.76. The number of nitrogens with zero attached hydrogens (tertiary/aromatic N) is 1. The number of rotatable bonds is 6. The molecule has 1 rings (SSSR count). The van der Waals surface area contributed by atoms with Crippen molar-refractivity contribution in [3.05, 3.63) is 33.8 Å². The zero-order valence-electron chi connectivity index (χ0n) is 12.6. The highest BCUT2D eigenvalue weighted by Gasteiger charge is 2.14. The predicted octanol–water partition coefficient (Wildman–Crippen LogP) is 3.79. The Kier molecular flexibility index (Phi) is 9.30. The van der Waals surface area contributed by atoms with Crippen LogP contribution >= 0.6 is 35.6 Å². The Morgan fingerprint density at radius 3 is 2.48 bits per heavy atom. The number of amides is 1. The summed E-state index contributed by atoms with van der Waals surface area (Å²) in [6.07, 6.45) is 1.08. The molecular formula is C15H23Cl3N2O. The highest BCUT2D eigenvalue weighted by atomic mass is 35.5. The van der Waals surface area contributed by atoms with Crippen molar-refractivity contribution < 1.29 is 4.79 Å². The van der Waals surface area contributed by atoms with Crippen LogP contribution in [0.1, 0.15) is 25.8 Å². The van der Waals surface area contributed by atoms with Crippen molar-refractivity contribution in [1.29, 1.82) is 0 Å². The van der Waals surface area contributed by atoms with Gasteiger partial charge in [0.05, 0.1) is 6.42 Å². The maximum Gasteiger partial charge on any atom is 0.226 e. The lowest BCUT2D eigenvalue weighted by Gasteiger charge is -2.21. The minimum Gasteiger partial charge on any atom is -0.345 e. The predicted molar refractivity (Wildman–Crippen MR) is 92.5 cm³/mol. The van der Waals surface area contributed by atoms with E-state index in [9.17, 15) is 4.79 Å². The Morgan fingerprint density at radius 1 is 1.33 bits per heavy atom. The standard InChI is InChI=1S/C15H22Cl2N2O.ClH/c1-10(2)14(18)6-7-19(3)15(20)8-11-4-5-12(16)9-13(11)17;/h4-5,9-10,14H,6-8,18H2,1-3H3;1H. The minimum atomic E-state index is 0. The molecule has 1 atom stereocenters. The molecule has 1 unspecified atom stereocenters. The average Bonchev–Trinajstić information content (AvgIpc) is 2.38. The summed E-state index contributed by atoms with van der Waals surface area (Å²) in [7, 11) is 1.79. The average molecular weight is 354 g/mol. The van der Waals surface area contributed by atoms with Gasteiger partial charge >= 0.3 is 0 Å². The second kappa shape index (κ2) is 9.52. The van der Waals surface area contributed by atoms with E-state index in [0.717, 1.165) is 12.0 Å². The first-order chi connectivity index (χ1) is 9.31. The molecule has 2 N–H and O–H groups in total. The molecule has 0 fully saturated rings. The summed E-state index contributed by atoms with van der Waals surface area (Å²) in [5.74, 6) is 0.453. The van der Waals surface area contributed by atoms with Crippen molar-refractivity contribution in [3.8, 4) is 0 Å². The summed E-state index contributed by atoms with van der Waals surface area (Å²) in [5.41, 5.74) is 6.78. The first-order valence-electron chi connectivity index (χ1n) is 6.74. The smallest absolute Gasteiger partial charge is 0.226 e. The molecule has 0 saturated heterocycles. The molecule has 0 heterocycles. The molecule has 3 nitrogen and oxygen atoms in total. The quantitative estimate of drug-likeness (QED) is 0.845. The van der Waals surface area contributed by atoms with Crippen LogP contribution in [0.4, 0.5) is 0 Å². The van der Waals surface area contributed by atoms with Gasteiger partial charge in [-0.2, -0.15) is 0 Å². The van der Waals surface area contributed by atoms with E-state index in [2.05, 4.69) is 13.8 Å². The Morgan fingerprint density at radius 2 is 1.95 bits per heavy atom. The molecule has 0 bridgehead atoms. The molecular weight excluding hydrogens is 331 g/mol. The number of hydrogen-bond donors (Lipinski definition) is 1. The van der Waals surface area contributed by atoms with Gasteiger partial charge in [-0.15, -0.1) is 12.4 Å². The fourth-order valence-corrected chi connectivity index (χ4v) is 2.24. The van der Waals surface area contributed by atoms with Crippen LogP contribution in [0.5, 0.6) is 0 Å². The Bertz CT molecular complexity index is 466. The molecule has 0 saturated carbocycles. The van der Waals surface area contributed by atoms with Gasteiger partial charge in [0.25, 0.3) is 0 Å². The van der Waals surface area contributed by atoms with Gasteiger partial charge < -0.3 is 10.6 Å². The number of hydrogen-bond acceptors (Lipinski definition) is 2. The summed E-state index contributed by atoms with van der Waals surface area (Å²) in [6, 6.07) is 5.30. The van der Waals surface area contributed by atoms with Crippen molar-refractivity contribution in [3.63, 3.8) is 0 Å². The summed E-state index contributed by atoms with van der Waals surface area (Å²) in [5, 5.41) is 1.10. The van der Waals surface area contributed by atoms with E-state index in [1.807, 2.05) is 0 Å². The number of nitrogens with two attached hydrogens (primary N) is 1. The van der Waals surface area contributed by atoms with Crippen LogP contribution in [0.25, 0.3) is 0 Å². The topological polar surface area (TPSA) is 46.3 Å². The zero-order valence-corrected chi connectivity index (χ0v) is 14.9. The van der Waals surface area contributed by atoms with Gasteiger partial charge in [0, 0.05) is 29.7 Å². The fraction of sp³-hybridized carbons (Fsp3) is 0.533. The molecule has 0 aromatic heterocycles. The first kappa shape index (κ1) is 20.5. The SMILES string of the molecule is CC(C)C(N)CCN(C)C(=O)Cc1ccc(Cl)cc1Cl.Cl. The van der Waals surface area contributed by atoms with E-state index in [-0.39, 0.29) is 30.8 Å². The second-order valence-electron chi connectivity index (χ2n) is 5.42. The normalized spacial score (nSPS) is 12.0. The third-order valence-corrected chi connectivity index (χ3v) is 4.02. The summed E-state index contributed by atoms with van der Waals surface area (Å²) in [6.45, 7) is 4.82. The summed E-state index contributed by atoms with van der Waals surface area (Å²) >= 11 is 11.9. The van der Waals surface area contributed by atoms with E-state index < -0.39 is 0 Å². The summed E-state index contributed by atoms with van der Waals surface area (Å²) < 4.78 is 0. The molecule has 1 aromatic rings. The third-order valence-electron chi connectivity index (χ3n) is 3.44. The maximum absolute atomic E-state index is 12.1. The Hall–Kier alpha value is -0.480. The van der Waals surface area contributed by atoms with Gasteiger partial charge in [-0.1, -0.05) is 43.1 Å². The van der Waals surface area contributed by atoms with E-state index in [1.54, 1.807) is 30.1 Å². The van der Waals surface area contributed by atoms with Crippen molar-refractivity contribution >= 4 is 41.5 Å². The van der Waals surface area contributed by atoms with Crippen LogP contribution in [-0.2, 0) is 11.2 Å². The number of halogens is 3. The van der Waals surface area contributed by atoms with Crippen molar-refractivity contribution in [2.75, 3.05) is 13.6 Å². The molecule has 6 heteroatoms. The lowest BCUT2D eigenvalue weighted by atomic mass is 10.0. The zero-order chi connectivity index (χ0) is 15.3. The van der Waals surface area contributed by atoms with Gasteiger partial charge in [0.2, 0.25) is 5.91 Å². The number of carbonyl (C=O) groups is 1. The first-order valence-corrected chi connectivity index (χ1v) is 7.50. The van der Waals surface area contributed by atoms with Gasteiger partial charge in [0.1, 0.15) is 0 Å². The molecule has 120 valence electrons. The molecule has 1 aromatic carbocycles. The van der Waals surface area contributed by atoms with Crippen LogP contribution < -0.4 is 5.73 Å². The molecule has 0 spiro atoms. The van der Waals surface area contributed by atoms with E-state index in [4.69, 9.17) is 28.9 Å². The second-order valence-corrected chi connectivity index (χ2v) is 6.27. The lowest BCUT2D eigenvalue weighted by molar-refractivity contribution is -0.129. The van der Waals surface area contributed by atoms with Crippen LogP contribution in [-0.4, -0.2) is 30.4 Å². The molecule has 0 aliphatic carbocycles. The summed E-state index contributed by atoms with van der Waals surface area (Å²) in [4.78, 5) is 13.8.